The Morgan fingerprint density at radius 2 is 1.85 bits per heavy atom. The summed E-state index contributed by atoms with van der Waals surface area (Å²) in [7, 11) is 1.71. The number of hydrogen-bond donors (Lipinski definition) is 1. The van der Waals surface area contributed by atoms with E-state index in [9.17, 15) is 9.18 Å². The zero-order valence-corrected chi connectivity index (χ0v) is 19.7. The molecule has 33 heavy (non-hydrogen) atoms. The summed E-state index contributed by atoms with van der Waals surface area (Å²) in [4.78, 5) is 21.0. The van der Waals surface area contributed by atoms with Gasteiger partial charge in [0.1, 0.15) is 17.3 Å². The molecule has 0 bridgehead atoms. The highest BCUT2D eigenvalue weighted by Gasteiger charge is 2.11. The normalized spacial score (nSPS) is 11.0. The van der Waals surface area contributed by atoms with Crippen molar-refractivity contribution in [2.45, 2.75) is 34.2 Å². The smallest absolute Gasteiger partial charge is 0.251 e. The van der Waals surface area contributed by atoms with Crippen LogP contribution in [-0.2, 0) is 6.54 Å². The molecule has 3 aromatic rings. The molecule has 0 fully saturated rings. The van der Waals surface area contributed by atoms with E-state index in [0.29, 0.717) is 23.6 Å². The minimum Gasteiger partial charge on any atom is -0.457 e. The predicted molar refractivity (Wildman–Crippen MR) is 132 cm³/mol. The first-order valence-corrected chi connectivity index (χ1v) is 10.9. The van der Waals surface area contributed by atoms with Crippen molar-refractivity contribution in [1.82, 2.24) is 10.3 Å². The summed E-state index contributed by atoms with van der Waals surface area (Å²) in [5.41, 5.74) is 3.83. The Morgan fingerprint density at radius 3 is 2.52 bits per heavy atom. The number of carbonyl (C=O) groups excluding carboxylic acids is 1. The number of benzene rings is 2. The second-order valence-electron chi connectivity index (χ2n) is 6.90. The van der Waals surface area contributed by atoms with Gasteiger partial charge in [0.2, 0.25) is 0 Å². The molecule has 0 radical (unpaired) electrons. The van der Waals surface area contributed by atoms with Gasteiger partial charge in [-0.3, -0.25) is 14.8 Å². The Kier molecular flexibility index (Phi) is 9.96. The third-order valence-corrected chi connectivity index (χ3v) is 4.65. The maximum absolute atomic E-state index is 13.0. The first-order valence-electron chi connectivity index (χ1n) is 10.9. The fourth-order valence-electron chi connectivity index (χ4n) is 2.93. The Balaban J connectivity index is 0.00000187. The SMILES string of the molecule is C/C=C(\C=NC)c1cc(Oc2cc(C(=O)NCc3ccc(F)cc3)ccc2C)ccn1.CC. The van der Waals surface area contributed by atoms with Crippen LogP contribution in [0.5, 0.6) is 11.5 Å². The summed E-state index contributed by atoms with van der Waals surface area (Å²) in [5.74, 6) is 0.650. The van der Waals surface area contributed by atoms with Crippen molar-refractivity contribution >= 4 is 17.7 Å². The Bertz CT molecular complexity index is 1120. The number of aryl methyl sites for hydroxylation is 1. The van der Waals surface area contributed by atoms with Gasteiger partial charge in [-0.1, -0.05) is 38.1 Å². The minimum absolute atomic E-state index is 0.236. The summed E-state index contributed by atoms with van der Waals surface area (Å²) in [6.07, 6.45) is 5.34. The van der Waals surface area contributed by atoms with Crippen molar-refractivity contribution in [2.75, 3.05) is 7.05 Å². The summed E-state index contributed by atoms with van der Waals surface area (Å²) in [6, 6.07) is 14.9. The van der Waals surface area contributed by atoms with E-state index in [-0.39, 0.29) is 11.7 Å². The van der Waals surface area contributed by atoms with E-state index in [0.717, 1.165) is 22.4 Å². The van der Waals surface area contributed by atoms with Crippen molar-refractivity contribution in [1.29, 1.82) is 0 Å². The molecule has 1 N–H and O–H groups in total. The van der Waals surface area contributed by atoms with Gasteiger partial charge in [-0.15, -0.1) is 0 Å². The van der Waals surface area contributed by atoms with Gasteiger partial charge in [0.25, 0.3) is 5.91 Å². The largest absolute Gasteiger partial charge is 0.457 e. The number of amides is 1. The van der Waals surface area contributed by atoms with Crippen LogP contribution < -0.4 is 10.1 Å². The Morgan fingerprint density at radius 1 is 1.12 bits per heavy atom. The molecule has 172 valence electrons. The van der Waals surface area contributed by atoms with E-state index in [1.165, 1.54) is 12.1 Å². The lowest BCUT2D eigenvalue weighted by molar-refractivity contribution is 0.0950. The zero-order valence-electron chi connectivity index (χ0n) is 19.7. The fraction of sp³-hybridized carbons (Fsp3) is 0.222. The van der Waals surface area contributed by atoms with E-state index in [1.807, 2.05) is 45.9 Å². The number of rotatable bonds is 7. The van der Waals surface area contributed by atoms with E-state index < -0.39 is 0 Å². The van der Waals surface area contributed by atoms with Gasteiger partial charge in [0.15, 0.2) is 0 Å². The lowest BCUT2D eigenvalue weighted by Gasteiger charge is -2.12. The molecule has 5 nitrogen and oxygen atoms in total. The van der Waals surface area contributed by atoms with Crippen molar-refractivity contribution < 1.29 is 13.9 Å². The second kappa shape index (κ2) is 12.9. The van der Waals surface area contributed by atoms with Crippen LogP contribution >= 0.6 is 0 Å². The molecule has 6 heteroatoms. The van der Waals surface area contributed by atoms with Gasteiger partial charge in [0, 0.05) is 43.2 Å². The van der Waals surface area contributed by atoms with Gasteiger partial charge in [-0.2, -0.15) is 0 Å². The highest BCUT2D eigenvalue weighted by Crippen LogP contribution is 2.27. The highest BCUT2D eigenvalue weighted by atomic mass is 19.1. The maximum atomic E-state index is 13.0. The standard InChI is InChI=1S/C25H24FN3O2.C2H6/c1-4-19(16-27-3)23-14-22(11-12-28-23)31-24-13-20(8-5-17(24)2)25(30)29-15-18-6-9-21(26)10-7-18;1-2/h4-14,16H,15H2,1-3H3,(H,29,30);1-2H3/b19-4+,27-16?;. The molecular weight excluding hydrogens is 417 g/mol. The third-order valence-electron chi connectivity index (χ3n) is 4.65. The van der Waals surface area contributed by atoms with E-state index >= 15 is 0 Å². The Hall–Kier alpha value is -3.80. The summed E-state index contributed by atoms with van der Waals surface area (Å²) in [6.45, 7) is 8.14. The molecule has 0 unspecified atom stereocenters. The highest BCUT2D eigenvalue weighted by molar-refractivity contribution is 6.08. The minimum atomic E-state index is -0.307. The van der Waals surface area contributed by atoms with E-state index in [1.54, 1.807) is 49.8 Å². The molecule has 0 saturated heterocycles. The van der Waals surface area contributed by atoms with Crippen molar-refractivity contribution in [3.63, 3.8) is 0 Å². The van der Waals surface area contributed by atoms with Crippen LogP contribution in [0.25, 0.3) is 5.57 Å². The number of allylic oxidation sites excluding steroid dienone is 2. The number of nitrogens with zero attached hydrogens (tertiary/aromatic N) is 2. The van der Waals surface area contributed by atoms with Crippen LogP contribution in [0, 0.1) is 12.7 Å². The molecule has 1 aromatic heterocycles. The molecule has 3 rings (SSSR count). The number of nitrogens with one attached hydrogen (secondary N) is 1. The van der Waals surface area contributed by atoms with Crippen LogP contribution in [0.2, 0.25) is 0 Å². The fourth-order valence-corrected chi connectivity index (χ4v) is 2.93. The molecule has 0 saturated carbocycles. The number of ether oxygens (including phenoxy) is 1. The molecule has 0 spiro atoms. The second-order valence-corrected chi connectivity index (χ2v) is 6.90. The topological polar surface area (TPSA) is 63.6 Å². The number of halogens is 1. The van der Waals surface area contributed by atoms with E-state index in [4.69, 9.17) is 4.74 Å². The van der Waals surface area contributed by atoms with Gasteiger partial charge >= 0.3 is 0 Å². The summed E-state index contributed by atoms with van der Waals surface area (Å²) < 4.78 is 19.1. The van der Waals surface area contributed by atoms with Crippen LogP contribution in [0.4, 0.5) is 4.39 Å². The number of aliphatic imine (C=N–C) groups is 1. The summed E-state index contributed by atoms with van der Waals surface area (Å²) in [5, 5.41) is 2.84. The average molecular weight is 448 g/mol. The van der Waals surface area contributed by atoms with Crippen LogP contribution in [0.1, 0.15) is 48.0 Å². The molecule has 1 amide bonds. The van der Waals surface area contributed by atoms with Crippen molar-refractivity contribution in [3.8, 4) is 11.5 Å². The Labute approximate surface area is 195 Å². The monoisotopic (exact) mass is 447 g/mol. The molecule has 0 atom stereocenters. The van der Waals surface area contributed by atoms with E-state index in [2.05, 4.69) is 15.3 Å². The number of pyridine rings is 1. The van der Waals surface area contributed by atoms with Gasteiger partial charge in [-0.05, 0) is 55.3 Å². The third kappa shape index (κ3) is 7.38. The molecule has 0 aliphatic carbocycles. The lowest BCUT2D eigenvalue weighted by Crippen LogP contribution is -2.22. The number of hydrogen-bond acceptors (Lipinski definition) is 4. The van der Waals surface area contributed by atoms with Crippen LogP contribution in [0.15, 0.2) is 71.9 Å². The number of carbonyl (C=O) groups is 1. The first-order chi connectivity index (χ1) is 16.0. The van der Waals surface area contributed by atoms with Gasteiger partial charge in [0.05, 0.1) is 5.69 Å². The maximum Gasteiger partial charge on any atom is 0.251 e. The quantitative estimate of drug-likeness (QED) is 0.427. The lowest BCUT2D eigenvalue weighted by atomic mass is 10.1. The average Bonchev–Trinajstić information content (AvgIpc) is 2.84. The molecule has 0 aliphatic heterocycles. The van der Waals surface area contributed by atoms with Crippen LogP contribution in [0.3, 0.4) is 0 Å². The van der Waals surface area contributed by atoms with Crippen molar-refractivity contribution in [3.05, 3.63) is 95.1 Å². The molecule has 1 heterocycles. The summed E-state index contributed by atoms with van der Waals surface area (Å²) >= 11 is 0. The zero-order chi connectivity index (χ0) is 24.2. The first kappa shape index (κ1) is 25.5. The molecular formula is C27H30FN3O2. The van der Waals surface area contributed by atoms with Gasteiger partial charge < -0.3 is 10.1 Å². The molecule has 0 aliphatic rings. The molecule has 2 aromatic carbocycles. The van der Waals surface area contributed by atoms with Crippen LogP contribution in [-0.4, -0.2) is 24.2 Å². The number of aromatic nitrogens is 1. The van der Waals surface area contributed by atoms with Gasteiger partial charge in [-0.25, -0.2) is 4.39 Å². The predicted octanol–water partition coefficient (Wildman–Crippen LogP) is 6.38. The van der Waals surface area contributed by atoms with Crippen molar-refractivity contribution in [2.24, 2.45) is 4.99 Å².